The molecular weight excluding hydrogens is 260 g/mol. The smallest absolute Gasteiger partial charge is 0.0534 e. The van der Waals surface area contributed by atoms with Crippen molar-refractivity contribution in [1.29, 1.82) is 0 Å². The number of nitrogens with zero attached hydrogens (tertiary/aromatic N) is 3. The summed E-state index contributed by atoms with van der Waals surface area (Å²) in [6.45, 7) is 8.39. The Morgan fingerprint density at radius 1 is 1.42 bits per heavy atom. The van der Waals surface area contributed by atoms with Crippen molar-refractivity contribution < 1.29 is 0 Å². The Kier molecular flexibility index (Phi) is 6.83. The van der Waals surface area contributed by atoms with E-state index >= 15 is 0 Å². The van der Waals surface area contributed by atoms with E-state index in [2.05, 4.69) is 34.7 Å². The molecule has 1 fully saturated rings. The molecule has 0 spiro atoms. The maximum atomic E-state index is 5.86. The van der Waals surface area contributed by atoms with Crippen LogP contribution in [0.15, 0.2) is 12.4 Å². The van der Waals surface area contributed by atoms with Crippen molar-refractivity contribution in [2.75, 3.05) is 13.1 Å². The molecule has 0 radical (unpaired) electrons. The minimum atomic E-state index is 0. The van der Waals surface area contributed by atoms with E-state index in [1.165, 1.54) is 31.4 Å². The molecule has 1 aromatic heterocycles. The third kappa shape index (κ3) is 4.79. The van der Waals surface area contributed by atoms with Crippen LogP contribution in [-0.2, 0) is 13.1 Å². The number of nitrogens with two attached hydrogens (primary N) is 1. The Balaban J connectivity index is 0.00000180. The molecule has 19 heavy (non-hydrogen) atoms. The lowest BCUT2D eigenvalue weighted by Gasteiger charge is -2.34. The van der Waals surface area contributed by atoms with Gasteiger partial charge in [0.2, 0.25) is 0 Å². The largest absolute Gasteiger partial charge is 0.329 e. The minimum absolute atomic E-state index is 0. The number of likely N-dealkylation sites (tertiary alicyclic amines) is 1. The van der Waals surface area contributed by atoms with E-state index in [1.54, 1.807) is 0 Å². The van der Waals surface area contributed by atoms with Gasteiger partial charge >= 0.3 is 0 Å². The first-order chi connectivity index (χ1) is 8.69. The molecule has 0 aliphatic carbocycles. The van der Waals surface area contributed by atoms with E-state index in [4.69, 9.17) is 5.73 Å². The van der Waals surface area contributed by atoms with Gasteiger partial charge in [-0.25, -0.2) is 0 Å². The van der Waals surface area contributed by atoms with Crippen LogP contribution in [-0.4, -0.2) is 33.8 Å². The lowest BCUT2D eigenvalue weighted by atomic mass is 10.0. The standard InChI is InChI=1S/C14H26N4.ClH/c1-12(2)9-18-11-13(8-16-18)10-17-6-4-3-5-14(17)7-15;/h8,11-12,14H,3-7,9-10,15H2,1-2H3;1H. The Bertz CT molecular complexity index is 364. The van der Waals surface area contributed by atoms with Crippen LogP contribution in [0.5, 0.6) is 0 Å². The molecule has 1 saturated heterocycles. The fourth-order valence-electron chi connectivity index (χ4n) is 2.73. The molecule has 2 heterocycles. The van der Waals surface area contributed by atoms with Crippen molar-refractivity contribution >= 4 is 12.4 Å². The topological polar surface area (TPSA) is 47.1 Å². The summed E-state index contributed by atoms with van der Waals surface area (Å²) in [5, 5.41) is 4.43. The van der Waals surface area contributed by atoms with Crippen LogP contribution in [0.25, 0.3) is 0 Å². The molecule has 0 saturated carbocycles. The predicted molar refractivity (Wildman–Crippen MR) is 81.4 cm³/mol. The first-order valence-electron chi connectivity index (χ1n) is 7.14. The summed E-state index contributed by atoms with van der Waals surface area (Å²) in [5.74, 6) is 0.643. The molecule has 1 aliphatic heterocycles. The van der Waals surface area contributed by atoms with Crippen molar-refractivity contribution in [3.63, 3.8) is 0 Å². The Morgan fingerprint density at radius 3 is 2.89 bits per heavy atom. The number of rotatable bonds is 5. The van der Waals surface area contributed by atoms with Crippen molar-refractivity contribution in [3.05, 3.63) is 18.0 Å². The normalized spacial score (nSPS) is 20.5. The number of hydrogen-bond donors (Lipinski definition) is 1. The Labute approximate surface area is 122 Å². The molecule has 1 aromatic rings. The van der Waals surface area contributed by atoms with E-state index < -0.39 is 0 Å². The van der Waals surface area contributed by atoms with E-state index in [0.717, 1.165) is 19.6 Å². The van der Waals surface area contributed by atoms with Gasteiger partial charge in [0.15, 0.2) is 0 Å². The predicted octanol–water partition coefficient (Wildman–Crippen LogP) is 2.27. The highest BCUT2D eigenvalue weighted by Crippen LogP contribution is 2.18. The van der Waals surface area contributed by atoms with Gasteiger partial charge < -0.3 is 5.73 Å². The van der Waals surface area contributed by atoms with Gasteiger partial charge in [0.05, 0.1) is 6.20 Å². The fourth-order valence-corrected chi connectivity index (χ4v) is 2.73. The number of aromatic nitrogens is 2. The lowest BCUT2D eigenvalue weighted by molar-refractivity contribution is 0.145. The molecule has 2 rings (SSSR count). The molecule has 5 heteroatoms. The summed E-state index contributed by atoms with van der Waals surface area (Å²) >= 11 is 0. The van der Waals surface area contributed by atoms with Gasteiger partial charge in [-0.05, 0) is 25.3 Å². The number of halogens is 1. The highest BCUT2D eigenvalue weighted by atomic mass is 35.5. The second-order valence-corrected chi connectivity index (χ2v) is 5.82. The highest BCUT2D eigenvalue weighted by molar-refractivity contribution is 5.85. The van der Waals surface area contributed by atoms with Crippen molar-refractivity contribution in [3.8, 4) is 0 Å². The van der Waals surface area contributed by atoms with Gasteiger partial charge in [-0.15, -0.1) is 12.4 Å². The molecule has 4 nitrogen and oxygen atoms in total. The monoisotopic (exact) mass is 286 g/mol. The zero-order valence-electron chi connectivity index (χ0n) is 12.1. The summed E-state index contributed by atoms with van der Waals surface area (Å²) in [4.78, 5) is 2.51. The first kappa shape index (κ1) is 16.5. The first-order valence-corrected chi connectivity index (χ1v) is 7.14. The van der Waals surface area contributed by atoms with Crippen LogP contribution >= 0.6 is 12.4 Å². The van der Waals surface area contributed by atoms with E-state index in [1.807, 2.05) is 6.20 Å². The van der Waals surface area contributed by atoms with Crippen LogP contribution in [0, 0.1) is 5.92 Å². The fraction of sp³-hybridized carbons (Fsp3) is 0.786. The summed E-state index contributed by atoms with van der Waals surface area (Å²) in [5.41, 5.74) is 7.17. The van der Waals surface area contributed by atoms with E-state index in [-0.39, 0.29) is 12.4 Å². The SMILES string of the molecule is CC(C)Cn1cc(CN2CCCCC2CN)cn1.Cl. The maximum Gasteiger partial charge on any atom is 0.0534 e. The van der Waals surface area contributed by atoms with E-state index in [9.17, 15) is 0 Å². The number of piperidine rings is 1. The summed E-state index contributed by atoms with van der Waals surface area (Å²) < 4.78 is 2.06. The Hall–Kier alpha value is -0.580. The lowest BCUT2D eigenvalue weighted by Crippen LogP contribution is -2.43. The third-order valence-corrected chi connectivity index (χ3v) is 3.65. The second-order valence-electron chi connectivity index (χ2n) is 5.82. The van der Waals surface area contributed by atoms with Gasteiger partial charge in [0.1, 0.15) is 0 Å². The third-order valence-electron chi connectivity index (χ3n) is 3.65. The van der Waals surface area contributed by atoms with Gasteiger partial charge in [-0.3, -0.25) is 9.58 Å². The molecular formula is C14H27ClN4. The molecule has 0 bridgehead atoms. The highest BCUT2D eigenvalue weighted by Gasteiger charge is 2.21. The minimum Gasteiger partial charge on any atom is -0.329 e. The molecule has 0 amide bonds. The van der Waals surface area contributed by atoms with Crippen LogP contribution in [0.3, 0.4) is 0 Å². The van der Waals surface area contributed by atoms with Crippen molar-refractivity contribution in [2.45, 2.75) is 52.2 Å². The van der Waals surface area contributed by atoms with Gasteiger partial charge in [0, 0.05) is 37.4 Å². The zero-order valence-corrected chi connectivity index (χ0v) is 12.9. The molecule has 1 unspecified atom stereocenters. The van der Waals surface area contributed by atoms with Gasteiger partial charge in [-0.1, -0.05) is 20.3 Å². The maximum absolute atomic E-state index is 5.86. The van der Waals surface area contributed by atoms with Crippen molar-refractivity contribution in [1.82, 2.24) is 14.7 Å². The van der Waals surface area contributed by atoms with Crippen LogP contribution in [0.1, 0.15) is 38.7 Å². The molecule has 1 aliphatic rings. The van der Waals surface area contributed by atoms with E-state index in [0.29, 0.717) is 12.0 Å². The van der Waals surface area contributed by atoms with Crippen LogP contribution in [0.2, 0.25) is 0 Å². The second kappa shape index (κ2) is 7.88. The Morgan fingerprint density at radius 2 is 2.21 bits per heavy atom. The molecule has 110 valence electrons. The summed E-state index contributed by atoms with van der Waals surface area (Å²) in [6, 6.07) is 0.562. The zero-order chi connectivity index (χ0) is 13.0. The number of hydrogen-bond acceptors (Lipinski definition) is 3. The average molecular weight is 287 g/mol. The quantitative estimate of drug-likeness (QED) is 0.903. The van der Waals surface area contributed by atoms with Crippen LogP contribution in [0.4, 0.5) is 0 Å². The molecule has 2 N–H and O–H groups in total. The van der Waals surface area contributed by atoms with Crippen LogP contribution < -0.4 is 5.73 Å². The van der Waals surface area contributed by atoms with Crippen molar-refractivity contribution in [2.24, 2.45) is 11.7 Å². The van der Waals surface area contributed by atoms with Gasteiger partial charge in [0.25, 0.3) is 0 Å². The molecule has 1 atom stereocenters. The average Bonchev–Trinajstić information content (AvgIpc) is 2.76. The molecule has 0 aromatic carbocycles. The summed E-state index contributed by atoms with van der Waals surface area (Å²) in [7, 11) is 0. The van der Waals surface area contributed by atoms with Gasteiger partial charge in [-0.2, -0.15) is 5.10 Å². The summed E-state index contributed by atoms with van der Waals surface area (Å²) in [6.07, 6.45) is 8.06.